The third kappa shape index (κ3) is 5.38. The maximum Gasteiger partial charge on any atom is 0.306 e. The molecule has 0 amide bonds. The van der Waals surface area contributed by atoms with Gasteiger partial charge >= 0.3 is 5.97 Å². The van der Waals surface area contributed by atoms with Gasteiger partial charge < -0.3 is 15.4 Å². The second-order valence-corrected chi connectivity index (χ2v) is 7.84. The van der Waals surface area contributed by atoms with E-state index in [2.05, 4.69) is 30.9 Å². The van der Waals surface area contributed by atoms with E-state index in [1.807, 2.05) is 13.0 Å². The van der Waals surface area contributed by atoms with Gasteiger partial charge in [0.2, 0.25) is 0 Å². The molecular weight excluding hydrogens is 312 g/mol. The van der Waals surface area contributed by atoms with E-state index in [0.717, 1.165) is 23.5 Å². The fraction of sp³-hybridized carbons (Fsp3) is 0.667. The molecule has 1 aliphatic carbocycles. The number of benzene rings is 1. The molecule has 1 aromatic carbocycles. The Bertz CT molecular complexity index is 565. The molecule has 1 fully saturated rings. The first-order chi connectivity index (χ1) is 11.9. The minimum absolute atomic E-state index is 0.108. The van der Waals surface area contributed by atoms with Gasteiger partial charge in [-0.3, -0.25) is 4.79 Å². The van der Waals surface area contributed by atoms with Crippen molar-refractivity contribution in [2.75, 3.05) is 24.3 Å². The summed E-state index contributed by atoms with van der Waals surface area (Å²) in [5.41, 5.74) is 9.51. The van der Waals surface area contributed by atoms with Crippen molar-refractivity contribution < 1.29 is 9.53 Å². The maximum atomic E-state index is 11.5. The fourth-order valence-corrected chi connectivity index (χ4v) is 3.82. The molecule has 1 atom stereocenters. The number of hydrogen-bond donors (Lipinski definition) is 1. The molecule has 2 N–H and O–H groups in total. The van der Waals surface area contributed by atoms with Gasteiger partial charge in [-0.25, -0.2) is 0 Å². The Morgan fingerprint density at radius 1 is 1.24 bits per heavy atom. The lowest BCUT2D eigenvalue weighted by Gasteiger charge is -2.38. The van der Waals surface area contributed by atoms with Gasteiger partial charge in [0.1, 0.15) is 0 Å². The lowest BCUT2D eigenvalue weighted by atomic mass is 9.92. The molecular formula is C21H34N2O2. The largest absolute Gasteiger partial charge is 0.469 e. The number of carbonyl (C=O) groups excluding carboxylic acids is 1. The van der Waals surface area contributed by atoms with E-state index in [0.29, 0.717) is 18.4 Å². The van der Waals surface area contributed by atoms with Crippen molar-refractivity contribution >= 4 is 17.3 Å². The molecule has 1 saturated carbocycles. The van der Waals surface area contributed by atoms with Crippen molar-refractivity contribution in [1.29, 1.82) is 0 Å². The van der Waals surface area contributed by atoms with Crippen LogP contribution in [0.4, 0.5) is 11.4 Å². The second-order valence-electron chi connectivity index (χ2n) is 7.84. The van der Waals surface area contributed by atoms with E-state index >= 15 is 0 Å². The summed E-state index contributed by atoms with van der Waals surface area (Å²) >= 11 is 0. The average Bonchev–Trinajstić information content (AvgIpc) is 2.60. The van der Waals surface area contributed by atoms with Crippen LogP contribution in [0.15, 0.2) is 18.2 Å². The summed E-state index contributed by atoms with van der Waals surface area (Å²) in [4.78, 5) is 14.0. The second kappa shape index (κ2) is 9.12. The van der Waals surface area contributed by atoms with Crippen molar-refractivity contribution in [3.63, 3.8) is 0 Å². The Balaban J connectivity index is 2.21. The molecule has 0 aromatic heterocycles. The van der Waals surface area contributed by atoms with Crippen LogP contribution in [0.1, 0.15) is 70.8 Å². The van der Waals surface area contributed by atoms with Gasteiger partial charge in [-0.15, -0.1) is 0 Å². The van der Waals surface area contributed by atoms with E-state index in [1.165, 1.54) is 39.2 Å². The van der Waals surface area contributed by atoms with E-state index in [1.54, 1.807) is 0 Å². The number of anilines is 2. The number of esters is 1. The van der Waals surface area contributed by atoms with Crippen molar-refractivity contribution in [3.8, 4) is 0 Å². The summed E-state index contributed by atoms with van der Waals surface area (Å²) in [5.74, 6) is 0.523. The summed E-state index contributed by atoms with van der Waals surface area (Å²) < 4.78 is 4.78. The van der Waals surface area contributed by atoms with Crippen molar-refractivity contribution in [2.45, 2.75) is 71.3 Å². The lowest BCUT2D eigenvalue weighted by molar-refractivity contribution is -0.140. The van der Waals surface area contributed by atoms with E-state index in [4.69, 9.17) is 10.5 Å². The monoisotopic (exact) mass is 346 g/mol. The number of nitrogens with two attached hydrogens (primary N) is 1. The zero-order chi connectivity index (χ0) is 18.4. The van der Waals surface area contributed by atoms with Gasteiger partial charge in [-0.05, 0) is 42.4 Å². The smallest absolute Gasteiger partial charge is 0.306 e. The van der Waals surface area contributed by atoms with E-state index in [9.17, 15) is 4.79 Å². The third-order valence-corrected chi connectivity index (χ3v) is 5.21. The van der Waals surface area contributed by atoms with Crippen LogP contribution in [0.3, 0.4) is 0 Å². The third-order valence-electron chi connectivity index (χ3n) is 5.21. The highest BCUT2D eigenvalue weighted by molar-refractivity contribution is 5.72. The highest BCUT2D eigenvalue weighted by Crippen LogP contribution is 2.34. The minimum Gasteiger partial charge on any atom is -0.469 e. The molecule has 4 heteroatoms. The molecule has 1 aliphatic rings. The van der Waals surface area contributed by atoms with Crippen LogP contribution in [0.5, 0.6) is 0 Å². The quantitative estimate of drug-likeness (QED) is 0.573. The Kier molecular flexibility index (Phi) is 7.15. The van der Waals surface area contributed by atoms with Gasteiger partial charge in [0.25, 0.3) is 0 Å². The maximum absolute atomic E-state index is 11.5. The van der Waals surface area contributed by atoms with Crippen molar-refractivity contribution in [1.82, 2.24) is 0 Å². The first-order valence-electron chi connectivity index (χ1n) is 9.65. The Hall–Kier alpha value is -1.71. The molecule has 0 saturated heterocycles. The van der Waals surface area contributed by atoms with Crippen molar-refractivity contribution in [3.05, 3.63) is 23.8 Å². The topological polar surface area (TPSA) is 55.6 Å². The molecule has 140 valence electrons. The van der Waals surface area contributed by atoms with Gasteiger partial charge in [0, 0.05) is 12.6 Å². The number of carbonyl (C=O) groups is 1. The number of rotatable bonds is 7. The standard InChI is InChI=1S/C21H34N2O2/c1-15(2)14-23(18-8-6-5-7-9-18)20-11-10-17(13-19(20)22)16(3)12-21(24)25-4/h10-11,13,15-16,18H,5-9,12,14,22H2,1-4H3. The van der Waals surface area contributed by atoms with Crippen LogP contribution in [-0.2, 0) is 9.53 Å². The predicted molar refractivity (Wildman–Crippen MR) is 105 cm³/mol. The molecule has 0 heterocycles. The van der Waals surface area contributed by atoms with Crippen LogP contribution in [0.25, 0.3) is 0 Å². The Morgan fingerprint density at radius 3 is 2.48 bits per heavy atom. The zero-order valence-electron chi connectivity index (χ0n) is 16.3. The van der Waals surface area contributed by atoms with Crippen molar-refractivity contribution in [2.24, 2.45) is 5.92 Å². The molecule has 0 bridgehead atoms. The first-order valence-corrected chi connectivity index (χ1v) is 9.65. The molecule has 1 aromatic rings. The molecule has 0 aliphatic heterocycles. The molecule has 4 nitrogen and oxygen atoms in total. The van der Waals surface area contributed by atoms with Gasteiger partial charge in [-0.1, -0.05) is 46.1 Å². The molecule has 0 spiro atoms. The Morgan fingerprint density at radius 2 is 1.92 bits per heavy atom. The summed E-state index contributed by atoms with van der Waals surface area (Å²) in [5, 5.41) is 0. The molecule has 2 rings (SSSR count). The van der Waals surface area contributed by atoms with Gasteiger partial charge in [0.15, 0.2) is 0 Å². The van der Waals surface area contributed by atoms with Crippen LogP contribution < -0.4 is 10.6 Å². The zero-order valence-corrected chi connectivity index (χ0v) is 16.3. The number of methoxy groups -OCH3 is 1. The van der Waals surface area contributed by atoms with Crippen LogP contribution in [-0.4, -0.2) is 25.7 Å². The van der Waals surface area contributed by atoms with Crippen LogP contribution in [0, 0.1) is 5.92 Å². The SMILES string of the molecule is COC(=O)CC(C)c1ccc(N(CC(C)C)C2CCCCC2)c(N)c1. The summed E-state index contributed by atoms with van der Waals surface area (Å²) in [6.07, 6.45) is 6.87. The fourth-order valence-electron chi connectivity index (χ4n) is 3.82. The van der Waals surface area contributed by atoms with Crippen LogP contribution >= 0.6 is 0 Å². The number of hydrogen-bond acceptors (Lipinski definition) is 4. The van der Waals surface area contributed by atoms with E-state index < -0.39 is 0 Å². The normalized spacial score (nSPS) is 16.7. The number of nitrogens with zero attached hydrogens (tertiary/aromatic N) is 1. The summed E-state index contributed by atoms with van der Waals surface area (Å²) in [7, 11) is 1.43. The molecule has 25 heavy (non-hydrogen) atoms. The predicted octanol–water partition coefficient (Wildman–Crippen LogP) is 4.73. The number of ether oxygens (including phenoxy) is 1. The first kappa shape index (κ1) is 19.6. The summed E-state index contributed by atoms with van der Waals surface area (Å²) in [6.45, 7) is 7.60. The average molecular weight is 347 g/mol. The highest BCUT2D eigenvalue weighted by atomic mass is 16.5. The number of nitrogen functional groups attached to an aromatic ring is 1. The van der Waals surface area contributed by atoms with E-state index in [-0.39, 0.29) is 11.9 Å². The molecule has 0 radical (unpaired) electrons. The minimum atomic E-state index is -0.182. The Labute approximate surface area is 152 Å². The van der Waals surface area contributed by atoms with Crippen LogP contribution in [0.2, 0.25) is 0 Å². The summed E-state index contributed by atoms with van der Waals surface area (Å²) in [6, 6.07) is 6.90. The van der Waals surface area contributed by atoms with Gasteiger partial charge in [-0.2, -0.15) is 0 Å². The molecule has 1 unspecified atom stereocenters. The highest BCUT2D eigenvalue weighted by Gasteiger charge is 2.24. The van der Waals surface area contributed by atoms with Gasteiger partial charge in [0.05, 0.1) is 24.9 Å². The lowest BCUT2D eigenvalue weighted by Crippen LogP contribution is -2.39.